The molecule has 2 rings (SSSR count). The van der Waals surface area contributed by atoms with Gasteiger partial charge in [-0.25, -0.2) is 0 Å². The number of rotatable bonds is 11. The van der Waals surface area contributed by atoms with Crippen molar-refractivity contribution in [1.82, 2.24) is 10.2 Å². The highest BCUT2D eigenvalue weighted by molar-refractivity contribution is 7.16. The largest absolute Gasteiger partial charge is 0.492 e. The van der Waals surface area contributed by atoms with Crippen LogP contribution < -0.4 is 10.1 Å². The summed E-state index contributed by atoms with van der Waals surface area (Å²) in [5.41, 5.74) is 0.573. The van der Waals surface area contributed by atoms with E-state index in [4.69, 9.17) is 9.47 Å². The van der Waals surface area contributed by atoms with Crippen LogP contribution in [0.2, 0.25) is 0 Å². The van der Waals surface area contributed by atoms with Crippen molar-refractivity contribution in [2.75, 3.05) is 26.0 Å². The highest BCUT2D eigenvalue weighted by Crippen LogP contribution is 2.28. The third-order valence-electron chi connectivity index (χ3n) is 5.50. The maximum absolute atomic E-state index is 13.3. The number of hydrogen-bond donors (Lipinski definition) is 1. The lowest BCUT2D eigenvalue weighted by atomic mass is 9.95. The summed E-state index contributed by atoms with van der Waals surface area (Å²) in [4.78, 5) is 49.6. The number of aryl methyl sites for hydroxylation is 1. The van der Waals surface area contributed by atoms with E-state index in [1.165, 1.54) is 0 Å². The van der Waals surface area contributed by atoms with Gasteiger partial charge in [0.15, 0.2) is 0 Å². The van der Waals surface area contributed by atoms with Crippen LogP contribution in [0, 0.1) is 17.8 Å². The van der Waals surface area contributed by atoms with Gasteiger partial charge in [0.1, 0.15) is 11.8 Å². The maximum atomic E-state index is 13.3. The number of hydrogen-bond acceptors (Lipinski definition) is 6. The molecule has 1 saturated heterocycles. The lowest BCUT2D eigenvalue weighted by molar-refractivity contribution is -0.139. The van der Waals surface area contributed by atoms with Gasteiger partial charge in [0.2, 0.25) is 18.2 Å². The average molecular weight is 479 g/mol. The van der Waals surface area contributed by atoms with Gasteiger partial charge in [-0.05, 0) is 36.6 Å². The number of carbonyl (C=O) groups excluding carboxylic acids is 4. The Labute approximate surface area is 198 Å². The second kappa shape index (κ2) is 11.2. The number of nitrogens with zero attached hydrogens (tertiary/aromatic N) is 1. The van der Waals surface area contributed by atoms with Crippen molar-refractivity contribution in [3.05, 3.63) is 29.3 Å². The SMILES string of the molecule is Cc1cccc(OCC(C)(C)COCC(C)(C)CP)c1C(=O)N(C=O)C1CCC(=O)NC1=O. The Hall–Kier alpha value is -2.31. The van der Waals surface area contributed by atoms with Crippen LogP contribution in [0.1, 0.15) is 56.5 Å². The number of imide groups is 2. The first-order valence-corrected chi connectivity index (χ1v) is 11.8. The monoisotopic (exact) mass is 478 g/mol. The molecular weight excluding hydrogens is 443 g/mol. The second-order valence-electron chi connectivity index (χ2n) is 10.0. The highest BCUT2D eigenvalue weighted by atomic mass is 31.0. The van der Waals surface area contributed by atoms with Crippen molar-refractivity contribution < 1.29 is 28.7 Å². The molecule has 1 aliphatic heterocycles. The van der Waals surface area contributed by atoms with Gasteiger partial charge in [0.25, 0.3) is 5.91 Å². The number of carbonyl (C=O) groups is 4. The molecule has 182 valence electrons. The summed E-state index contributed by atoms with van der Waals surface area (Å²) in [5.74, 6) is -1.38. The minimum Gasteiger partial charge on any atom is -0.492 e. The van der Waals surface area contributed by atoms with E-state index in [1.807, 2.05) is 13.8 Å². The Morgan fingerprint density at radius 3 is 2.45 bits per heavy atom. The zero-order valence-corrected chi connectivity index (χ0v) is 21.3. The fraction of sp³-hybridized carbons (Fsp3) is 0.583. The molecule has 8 nitrogen and oxygen atoms in total. The maximum Gasteiger partial charge on any atom is 0.265 e. The van der Waals surface area contributed by atoms with Gasteiger partial charge in [-0.15, -0.1) is 9.24 Å². The summed E-state index contributed by atoms with van der Waals surface area (Å²) >= 11 is 0. The number of piperidine rings is 1. The molecule has 33 heavy (non-hydrogen) atoms. The molecule has 1 fully saturated rings. The molecule has 4 amide bonds. The van der Waals surface area contributed by atoms with Crippen LogP contribution in [0.5, 0.6) is 5.75 Å². The Bertz CT molecular complexity index is 899. The number of amides is 4. The van der Waals surface area contributed by atoms with Gasteiger partial charge in [0.05, 0.1) is 25.4 Å². The van der Waals surface area contributed by atoms with Crippen LogP contribution >= 0.6 is 9.24 Å². The van der Waals surface area contributed by atoms with Crippen LogP contribution in [0.4, 0.5) is 0 Å². The second-order valence-corrected chi connectivity index (χ2v) is 10.5. The number of benzene rings is 1. The topological polar surface area (TPSA) is 102 Å². The minimum absolute atomic E-state index is 0.0616. The summed E-state index contributed by atoms with van der Waals surface area (Å²) in [7, 11) is 2.73. The summed E-state index contributed by atoms with van der Waals surface area (Å²) in [6, 6.07) is 4.14. The standard InChI is InChI=1S/C24H35N2O6P/c1-16-7-6-8-18(32-13-23(2,3)11-31-12-24(4,5)14-33)20(16)22(30)26(15-27)17-9-10-19(28)25-21(17)29/h6-8,15,17H,9-14,33H2,1-5H3,(H,25,28,29). The van der Waals surface area contributed by atoms with Gasteiger partial charge in [-0.1, -0.05) is 39.8 Å². The molecule has 1 aliphatic rings. The van der Waals surface area contributed by atoms with Crippen LogP contribution in [0.3, 0.4) is 0 Å². The van der Waals surface area contributed by atoms with Crippen LogP contribution in [-0.2, 0) is 19.1 Å². The van der Waals surface area contributed by atoms with Crippen molar-refractivity contribution in [3.8, 4) is 5.75 Å². The quantitative estimate of drug-likeness (QED) is 0.298. The Balaban J connectivity index is 2.15. The molecule has 2 unspecified atom stereocenters. The van der Waals surface area contributed by atoms with Crippen LogP contribution in [0.15, 0.2) is 18.2 Å². The molecule has 0 aromatic heterocycles. The van der Waals surface area contributed by atoms with Gasteiger partial charge >= 0.3 is 0 Å². The number of ether oxygens (including phenoxy) is 2. The molecule has 0 aliphatic carbocycles. The first-order valence-electron chi connectivity index (χ1n) is 11.0. The lowest BCUT2D eigenvalue weighted by Crippen LogP contribution is -2.54. The van der Waals surface area contributed by atoms with E-state index < -0.39 is 23.8 Å². The van der Waals surface area contributed by atoms with E-state index in [9.17, 15) is 19.2 Å². The molecule has 1 N–H and O–H groups in total. The Morgan fingerprint density at radius 1 is 1.18 bits per heavy atom. The average Bonchev–Trinajstić information content (AvgIpc) is 2.74. The molecule has 0 radical (unpaired) electrons. The molecule has 9 heteroatoms. The van der Waals surface area contributed by atoms with Gasteiger partial charge in [0, 0.05) is 11.8 Å². The first-order chi connectivity index (χ1) is 15.4. The lowest BCUT2D eigenvalue weighted by Gasteiger charge is -2.30. The molecule has 0 bridgehead atoms. The third-order valence-corrected chi connectivity index (χ3v) is 6.60. The normalized spacial score (nSPS) is 16.8. The fourth-order valence-corrected chi connectivity index (χ4v) is 3.47. The van der Waals surface area contributed by atoms with E-state index >= 15 is 0 Å². The molecule has 0 saturated carbocycles. The molecule has 0 spiro atoms. The fourth-order valence-electron chi connectivity index (χ4n) is 3.35. The number of nitrogens with one attached hydrogen (secondary N) is 1. The van der Waals surface area contributed by atoms with E-state index in [-0.39, 0.29) is 35.8 Å². The predicted molar refractivity (Wildman–Crippen MR) is 128 cm³/mol. The molecule has 1 aromatic carbocycles. The van der Waals surface area contributed by atoms with Crippen molar-refractivity contribution in [1.29, 1.82) is 0 Å². The predicted octanol–water partition coefficient (Wildman–Crippen LogP) is 2.72. The van der Waals surface area contributed by atoms with Gasteiger partial charge in [-0.2, -0.15) is 0 Å². The van der Waals surface area contributed by atoms with E-state index in [0.29, 0.717) is 30.9 Å². The molecular formula is C24H35N2O6P. The van der Waals surface area contributed by atoms with Crippen LogP contribution in [-0.4, -0.2) is 61.1 Å². The van der Waals surface area contributed by atoms with E-state index in [2.05, 4.69) is 28.4 Å². The van der Waals surface area contributed by atoms with Gasteiger partial charge < -0.3 is 9.47 Å². The highest BCUT2D eigenvalue weighted by Gasteiger charge is 2.36. The van der Waals surface area contributed by atoms with Crippen molar-refractivity contribution >= 4 is 33.4 Å². The van der Waals surface area contributed by atoms with Gasteiger partial charge in [-0.3, -0.25) is 29.4 Å². The zero-order valence-electron chi connectivity index (χ0n) is 20.1. The summed E-state index contributed by atoms with van der Waals surface area (Å²) in [6.07, 6.45) is 1.42. The molecule has 1 heterocycles. The Kier molecular flexibility index (Phi) is 9.15. The smallest absolute Gasteiger partial charge is 0.265 e. The zero-order chi connectivity index (χ0) is 24.8. The first kappa shape index (κ1) is 26.9. The Morgan fingerprint density at radius 2 is 1.85 bits per heavy atom. The third kappa shape index (κ3) is 7.34. The molecule has 1 aromatic rings. The van der Waals surface area contributed by atoms with Crippen LogP contribution in [0.25, 0.3) is 0 Å². The van der Waals surface area contributed by atoms with Crippen molar-refractivity contribution in [3.63, 3.8) is 0 Å². The molecule has 2 atom stereocenters. The van der Waals surface area contributed by atoms with Crippen molar-refractivity contribution in [2.45, 2.75) is 53.5 Å². The summed E-state index contributed by atoms with van der Waals surface area (Å²) < 4.78 is 11.9. The van der Waals surface area contributed by atoms with Crippen molar-refractivity contribution in [2.24, 2.45) is 10.8 Å². The minimum atomic E-state index is -1.04. The van der Waals surface area contributed by atoms with E-state index in [1.54, 1.807) is 25.1 Å². The van der Waals surface area contributed by atoms with E-state index in [0.717, 1.165) is 11.1 Å². The summed E-state index contributed by atoms with van der Waals surface area (Å²) in [6.45, 7) is 11.4. The summed E-state index contributed by atoms with van der Waals surface area (Å²) in [5, 5.41) is 2.18.